The van der Waals surface area contributed by atoms with E-state index in [-0.39, 0.29) is 34.4 Å². The molecule has 0 aliphatic carbocycles. The maximum absolute atomic E-state index is 15.4. The summed E-state index contributed by atoms with van der Waals surface area (Å²) in [4.78, 5) is 11.7. The van der Waals surface area contributed by atoms with E-state index in [1.165, 1.54) is 18.2 Å². The number of hydrogen-bond donors (Lipinski definition) is 0. The molecule has 0 aliphatic rings. The third-order valence-corrected chi connectivity index (χ3v) is 7.80. The summed E-state index contributed by atoms with van der Waals surface area (Å²) in [6.07, 6.45) is -0.0140. The number of carbonyl (C=O) groups is 1. The second-order valence-electron chi connectivity index (χ2n) is 8.07. The molecule has 4 rings (SSSR count). The molecule has 0 saturated heterocycles. The summed E-state index contributed by atoms with van der Waals surface area (Å²) in [6, 6.07) is 24.6. The van der Waals surface area contributed by atoms with Gasteiger partial charge in [0.2, 0.25) is 0 Å². The molecule has 0 N–H and O–H groups in total. The molecule has 0 radical (unpaired) electrons. The molecule has 0 bridgehead atoms. The maximum Gasteiger partial charge on any atom is 0.310 e. The highest BCUT2D eigenvalue weighted by atomic mass is 35.5. The Bertz CT molecular complexity index is 1530. The summed E-state index contributed by atoms with van der Waals surface area (Å²) in [5, 5.41) is -0.149. The van der Waals surface area contributed by atoms with Crippen molar-refractivity contribution in [3.8, 4) is 16.9 Å². The van der Waals surface area contributed by atoms with Crippen LogP contribution in [0.1, 0.15) is 18.9 Å². The second-order valence-corrected chi connectivity index (χ2v) is 10.7. The predicted molar refractivity (Wildman–Crippen MR) is 144 cm³/mol. The second kappa shape index (κ2) is 11.3. The maximum atomic E-state index is 15.4. The van der Waals surface area contributed by atoms with Gasteiger partial charge in [0.05, 0.1) is 17.3 Å². The quantitative estimate of drug-likeness (QED) is 0.166. The zero-order valence-electron chi connectivity index (χ0n) is 19.7. The summed E-state index contributed by atoms with van der Waals surface area (Å²) in [7, 11) is -4.56. The van der Waals surface area contributed by atoms with Crippen molar-refractivity contribution in [2.45, 2.75) is 24.8 Å². The highest BCUT2D eigenvalue weighted by Gasteiger charge is 2.33. The number of nitrogens with zero attached hydrogens (tertiary/aromatic N) is 1. The van der Waals surface area contributed by atoms with Crippen LogP contribution in [0.15, 0.2) is 95.9 Å². The number of halogens is 3. The van der Waals surface area contributed by atoms with Gasteiger partial charge < -0.3 is 4.74 Å². The van der Waals surface area contributed by atoms with Gasteiger partial charge in [-0.05, 0) is 41.0 Å². The molecule has 4 aromatic carbocycles. The molecule has 0 fully saturated rings. The highest BCUT2D eigenvalue weighted by Crippen LogP contribution is 2.40. The van der Waals surface area contributed by atoms with Gasteiger partial charge in [0.1, 0.15) is 10.7 Å². The first-order valence-corrected chi connectivity index (χ1v) is 13.5. The van der Waals surface area contributed by atoms with Crippen molar-refractivity contribution in [1.82, 2.24) is 0 Å². The Kier molecular flexibility index (Phi) is 8.17. The van der Waals surface area contributed by atoms with Crippen LogP contribution in [0.3, 0.4) is 0 Å². The number of anilines is 1. The number of sulfonamides is 1. The molecule has 5 nitrogen and oxygen atoms in total. The van der Waals surface area contributed by atoms with Crippen molar-refractivity contribution >= 4 is 44.9 Å². The van der Waals surface area contributed by atoms with Crippen molar-refractivity contribution in [2.24, 2.45) is 0 Å². The van der Waals surface area contributed by atoms with Crippen LogP contribution in [0.25, 0.3) is 11.1 Å². The lowest BCUT2D eigenvalue weighted by molar-refractivity contribution is -0.134. The minimum absolute atomic E-state index is 0.0121. The van der Waals surface area contributed by atoms with Gasteiger partial charge in [0.25, 0.3) is 10.0 Å². The molecular weight excluding hydrogens is 536 g/mol. The van der Waals surface area contributed by atoms with Gasteiger partial charge >= 0.3 is 5.97 Å². The van der Waals surface area contributed by atoms with E-state index in [9.17, 15) is 13.2 Å². The van der Waals surface area contributed by atoms with Crippen LogP contribution in [-0.4, -0.2) is 14.4 Å². The standard InChI is InChI=1S/C28H22Cl2FNO4S/c1-2-27(33)36-28-23(30)16-22(29)17-26(28)37(34,35)32(18-19-9-5-3-6-10-19)25-15-21(13-14-24(25)31)20-11-7-4-8-12-20/h3-17H,2,18H2,1H3. The summed E-state index contributed by atoms with van der Waals surface area (Å²) >= 11 is 12.4. The van der Waals surface area contributed by atoms with Crippen molar-refractivity contribution in [1.29, 1.82) is 0 Å². The largest absolute Gasteiger partial charge is 0.423 e. The Morgan fingerprint density at radius 3 is 2.19 bits per heavy atom. The molecule has 0 aromatic heterocycles. The lowest BCUT2D eigenvalue weighted by Crippen LogP contribution is -2.32. The first kappa shape index (κ1) is 26.7. The van der Waals surface area contributed by atoms with Gasteiger partial charge in [-0.15, -0.1) is 0 Å². The van der Waals surface area contributed by atoms with E-state index >= 15 is 4.39 Å². The number of carbonyl (C=O) groups excluding carboxylic acids is 1. The van der Waals surface area contributed by atoms with E-state index in [1.54, 1.807) is 43.3 Å². The molecule has 0 amide bonds. The third-order valence-electron chi connectivity index (χ3n) is 5.54. The molecular formula is C28H22Cl2FNO4S. The van der Waals surface area contributed by atoms with Gasteiger partial charge in [-0.2, -0.15) is 0 Å². The number of ether oxygens (including phenoxy) is 1. The van der Waals surface area contributed by atoms with Crippen LogP contribution in [0, 0.1) is 5.82 Å². The number of benzene rings is 4. The molecule has 37 heavy (non-hydrogen) atoms. The molecule has 0 spiro atoms. The van der Waals surface area contributed by atoms with E-state index in [4.69, 9.17) is 27.9 Å². The first-order valence-electron chi connectivity index (χ1n) is 11.3. The molecule has 0 unspecified atom stereocenters. The Hall–Kier alpha value is -3.39. The fourth-order valence-corrected chi connectivity index (χ4v) is 5.96. The third kappa shape index (κ3) is 5.96. The van der Waals surface area contributed by atoms with Crippen LogP contribution in [0.4, 0.5) is 10.1 Å². The lowest BCUT2D eigenvalue weighted by Gasteiger charge is -2.27. The predicted octanol–water partition coefficient (Wildman–Crippen LogP) is 7.51. The zero-order valence-corrected chi connectivity index (χ0v) is 22.0. The summed E-state index contributed by atoms with van der Waals surface area (Å²) in [5.41, 5.74) is 1.82. The molecule has 0 saturated carbocycles. The van der Waals surface area contributed by atoms with Crippen molar-refractivity contribution < 1.29 is 22.3 Å². The average molecular weight is 558 g/mol. The van der Waals surface area contributed by atoms with Gasteiger partial charge in [0, 0.05) is 11.4 Å². The van der Waals surface area contributed by atoms with Gasteiger partial charge in [-0.3, -0.25) is 9.10 Å². The van der Waals surface area contributed by atoms with E-state index in [1.807, 2.05) is 30.3 Å². The summed E-state index contributed by atoms with van der Waals surface area (Å²) in [5.74, 6) is -1.80. The van der Waals surface area contributed by atoms with Gasteiger partial charge in [0.15, 0.2) is 5.75 Å². The minimum atomic E-state index is -4.56. The van der Waals surface area contributed by atoms with Crippen molar-refractivity contribution in [3.63, 3.8) is 0 Å². The lowest BCUT2D eigenvalue weighted by atomic mass is 10.0. The number of rotatable bonds is 8. The molecule has 0 aliphatic heterocycles. The average Bonchev–Trinajstić information content (AvgIpc) is 2.90. The summed E-state index contributed by atoms with van der Waals surface area (Å²) in [6.45, 7) is 1.36. The molecule has 190 valence electrons. The number of esters is 1. The molecule has 0 atom stereocenters. The monoisotopic (exact) mass is 557 g/mol. The molecule has 4 aromatic rings. The van der Waals surface area contributed by atoms with Crippen LogP contribution >= 0.6 is 23.2 Å². The van der Waals surface area contributed by atoms with E-state index in [0.717, 1.165) is 15.9 Å². The van der Waals surface area contributed by atoms with Crippen LogP contribution in [0.5, 0.6) is 5.75 Å². The number of hydrogen-bond acceptors (Lipinski definition) is 4. The van der Waals surface area contributed by atoms with Gasteiger partial charge in [-0.1, -0.05) is 96.9 Å². The fourth-order valence-electron chi connectivity index (χ4n) is 3.69. The summed E-state index contributed by atoms with van der Waals surface area (Å²) < 4.78 is 50.0. The van der Waals surface area contributed by atoms with Crippen molar-refractivity contribution in [2.75, 3.05) is 4.31 Å². The Labute approximate surface area is 225 Å². The fraction of sp³-hybridized carbons (Fsp3) is 0.107. The Balaban J connectivity index is 1.93. The topological polar surface area (TPSA) is 63.7 Å². The highest BCUT2D eigenvalue weighted by molar-refractivity contribution is 7.93. The van der Waals surface area contributed by atoms with Gasteiger partial charge in [-0.25, -0.2) is 12.8 Å². The smallest absolute Gasteiger partial charge is 0.310 e. The van der Waals surface area contributed by atoms with E-state index in [0.29, 0.717) is 11.1 Å². The SMILES string of the molecule is CCC(=O)Oc1c(Cl)cc(Cl)cc1S(=O)(=O)N(Cc1ccccc1)c1cc(-c2ccccc2)ccc1F. The van der Waals surface area contributed by atoms with Crippen LogP contribution in [-0.2, 0) is 21.4 Å². The van der Waals surface area contributed by atoms with E-state index in [2.05, 4.69) is 0 Å². The minimum Gasteiger partial charge on any atom is -0.423 e. The first-order chi connectivity index (χ1) is 17.7. The Morgan fingerprint density at radius 1 is 0.892 bits per heavy atom. The Morgan fingerprint density at radius 2 is 1.54 bits per heavy atom. The van der Waals surface area contributed by atoms with Crippen LogP contribution < -0.4 is 9.04 Å². The molecule has 9 heteroatoms. The zero-order chi connectivity index (χ0) is 26.6. The van der Waals surface area contributed by atoms with E-state index < -0.39 is 26.7 Å². The normalized spacial score (nSPS) is 11.2. The van der Waals surface area contributed by atoms with Crippen LogP contribution in [0.2, 0.25) is 10.0 Å². The molecule has 0 heterocycles. The van der Waals surface area contributed by atoms with Crippen molar-refractivity contribution in [3.05, 3.63) is 112 Å².